The quantitative estimate of drug-likeness (QED) is 0.592. The molecule has 0 fully saturated rings. The van der Waals surface area contributed by atoms with Crippen LogP contribution < -0.4 is 0 Å². The van der Waals surface area contributed by atoms with Crippen LogP contribution in [0.15, 0.2) is 42.5 Å². The van der Waals surface area contributed by atoms with Crippen LogP contribution in [0.5, 0.6) is 0 Å². The summed E-state index contributed by atoms with van der Waals surface area (Å²) in [6.07, 6.45) is 2.69. The maximum absolute atomic E-state index is 3.84. The van der Waals surface area contributed by atoms with Crippen molar-refractivity contribution in [2.45, 2.75) is 0 Å². The number of tetrazole rings is 1. The average molecular weight is 195 g/mol. The highest BCUT2D eigenvalue weighted by molar-refractivity contribution is 5.89. The zero-order chi connectivity index (χ0) is 10.1. The molecular formula is C11H7N4. The van der Waals surface area contributed by atoms with Gasteiger partial charge >= 0.3 is 0 Å². The number of benzene rings is 2. The van der Waals surface area contributed by atoms with Crippen molar-refractivity contribution < 1.29 is 0 Å². The van der Waals surface area contributed by atoms with Crippen LogP contribution in [0, 0.1) is 6.33 Å². The van der Waals surface area contributed by atoms with E-state index in [0.717, 1.165) is 11.1 Å². The van der Waals surface area contributed by atoms with Gasteiger partial charge in [0.1, 0.15) is 0 Å². The molecule has 0 aliphatic heterocycles. The molecule has 0 aliphatic rings. The van der Waals surface area contributed by atoms with Crippen molar-refractivity contribution in [3.8, 4) is 5.69 Å². The van der Waals surface area contributed by atoms with Gasteiger partial charge in [-0.25, -0.2) is 0 Å². The third-order valence-electron chi connectivity index (χ3n) is 2.31. The van der Waals surface area contributed by atoms with Crippen molar-refractivity contribution in [2.75, 3.05) is 0 Å². The molecule has 71 valence electrons. The average Bonchev–Trinajstić information content (AvgIpc) is 2.82. The van der Waals surface area contributed by atoms with Crippen LogP contribution in [0.2, 0.25) is 0 Å². The third kappa shape index (κ3) is 1.27. The highest BCUT2D eigenvalue weighted by atomic mass is 15.5. The second-order valence-corrected chi connectivity index (χ2v) is 3.19. The van der Waals surface area contributed by atoms with Crippen LogP contribution in [0.1, 0.15) is 0 Å². The molecule has 1 aromatic heterocycles. The van der Waals surface area contributed by atoms with Crippen molar-refractivity contribution >= 4 is 10.8 Å². The molecule has 4 nitrogen and oxygen atoms in total. The fourth-order valence-corrected chi connectivity index (χ4v) is 1.64. The predicted molar refractivity (Wildman–Crippen MR) is 55.5 cm³/mol. The number of fused-ring (bicyclic) bond motifs is 1. The summed E-state index contributed by atoms with van der Waals surface area (Å²) in [4.78, 5) is 0. The van der Waals surface area contributed by atoms with Crippen LogP contribution in [-0.4, -0.2) is 20.2 Å². The summed E-state index contributed by atoms with van der Waals surface area (Å²) in [5.74, 6) is 0. The van der Waals surface area contributed by atoms with Crippen molar-refractivity contribution in [3.05, 3.63) is 48.8 Å². The SMILES string of the molecule is [c]1nnnn1-c1cccc2ccccc12. The summed E-state index contributed by atoms with van der Waals surface area (Å²) in [7, 11) is 0. The summed E-state index contributed by atoms with van der Waals surface area (Å²) >= 11 is 0. The molecule has 2 aromatic carbocycles. The maximum atomic E-state index is 3.84. The monoisotopic (exact) mass is 195 g/mol. The Morgan fingerprint density at radius 1 is 1.00 bits per heavy atom. The van der Waals surface area contributed by atoms with E-state index in [1.807, 2.05) is 30.3 Å². The van der Waals surface area contributed by atoms with Gasteiger partial charge in [-0.05, 0) is 21.9 Å². The molecule has 15 heavy (non-hydrogen) atoms. The minimum Gasteiger partial charge on any atom is -0.189 e. The second-order valence-electron chi connectivity index (χ2n) is 3.19. The molecule has 3 aromatic rings. The Morgan fingerprint density at radius 3 is 2.73 bits per heavy atom. The van der Waals surface area contributed by atoms with Gasteiger partial charge in [-0.2, -0.15) is 4.68 Å². The molecule has 4 heteroatoms. The zero-order valence-electron chi connectivity index (χ0n) is 7.83. The molecule has 0 amide bonds. The lowest BCUT2D eigenvalue weighted by Gasteiger charge is -2.03. The van der Waals surface area contributed by atoms with Gasteiger partial charge in [0.25, 0.3) is 0 Å². The van der Waals surface area contributed by atoms with Crippen molar-refractivity contribution in [3.63, 3.8) is 0 Å². The Balaban J connectivity index is 2.36. The Labute approximate surface area is 86.2 Å². The summed E-state index contributed by atoms with van der Waals surface area (Å²) < 4.78 is 1.54. The normalized spacial score (nSPS) is 10.7. The van der Waals surface area contributed by atoms with Crippen LogP contribution in [0.3, 0.4) is 0 Å². The first kappa shape index (κ1) is 8.11. The highest BCUT2D eigenvalue weighted by Crippen LogP contribution is 2.20. The van der Waals surface area contributed by atoms with Crippen molar-refractivity contribution in [1.29, 1.82) is 0 Å². The standard InChI is InChI=1S/C11H7N4/c1-2-6-10-9(4-1)5-3-7-11(10)15-8-12-13-14-15/h1-7H. The lowest BCUT2D eigenvalue weighted by molar-refractivity contribution is 0.791. The first-order valence-corrected chi connectivity index (χ1v) is 4.59. The molecule has 3 rings (SSSR count). The smallest absolute Gasteiger partial charge is 0.189 e. The van der Waals surface area contributed by atoms with E-state index < -0.39 is 0 Å². The van der Waals surface area contributed by atoms with Gasteiger partial charge in [-0.3, -0.25) is 0 Å². The van der Waals surface area contributed by atoms with E-state index in [4.69, 9.17) is 0 Å². The van der Waals surface area contributed by atoms with Gasteiger partial charge in [0, 0.05) is 5.39 Å². The molecule has 0 bridgehead atoms. The summed E-state index contributed by atoms with van der Waals surface area (Å²) in [6, 6.07) is 14.1. The zero-order valence-corrected chi connectivity index (χ0v) is 7.83. The van der Waals surface area contributed by atoms with Gasteiger partial charge in [0.15, 0.2) is 0 Å². The van der Waals surface area contributed by atoms with E-state index in [1.54, 1.807) is 4.68 Å². The number of aromatic nitrogens is 4. The van der Waals surface area contributed by atoms with Gasteiger partial charge in [-0.15, -0.1) is 5.10 Å². The first-order chi connectivity index (χ1) is 7.45. The topological polar surface area (TPSA) is 43.6 Å². The molecule has 0 saturated carbocycles. The van der Waals surface area contributed by atoms with E-state index in [0.29, 0.717) is 0 Å². The van der Waals surface area contributed by atoms with E-state index in [9.17, 15) is 0 Å². The third-order valence-corrected chi connectivity index (χ3v) is 2.31. The Hall–Kier alpha value is -2.23. The number of rotatable bonds is 1. The molecule has 1 heterocycles. The number of hydrogen-bond donors (Lipinski definition) is 0. The largest absolute Gasteiger partial charge is 0.226 e. The Kier molecular flexibility index (Phi) is 1.71. The van der Waals surface area contributed by atoms with Crippen LogP contribution >= 0.6 is 0 Å². The van der Waals surface area contributed by atoms with Crippen LogP contribution in [-0.2, 0) is 0 Å². The fraction of sp³-hybridized carbons (Fsp3) is 0. The van der Waals surface area contributed by atoms with Gasteiger partial charge < -0.3 is 0 Å². The van der Waals surface area contributed by atoms with E-state index in [2.05, 4.69) is 34.0 Å². The van der Waals surface area contributed by atoms with Gasteiger partial charge in [0.05, 0.1) is 5.69 Å². The van der Waals surface area contributed by atoms with E-state index in [-0.39, 0.29) is 0 Å². The lowest BCUT2D eigenvalue weighted by atomic mass is 10.1. The van der Waals surface area contributed by atoms with Gasteiger partial charge in [-0.1, -0.05) is 36.4 Å². The molecule has 0 spiro atoms. The molecule has 0 aliphatic carbocycles. The predicted octanol–water partition coefficient (Wildman–Crippen LogP) is 1.62. The lowest BCUT2D eigenvalue weighted by Crippen LogP contribution is -1.96. The highest BCUT2D eigenvalue weighted by Gasteiger charge is 2.03. The first-order valence-electron chi connectivity index (χ1n) is 4.59. The molecule has 0 N–H and O–H groups in total. The number of nitrogens with zero attached hydrogens (tertiary/aromatic N) is 4. The molecule has 1 radical (unpaired) electrons. The minimum atomic E-state index is 0.943. The van der Waals surface area contributed by atoms with Crippen LogP contribution in [0.4, 0.5) is 0 Å². The minimum absolute atomic E-state index is 0.943. The Morgan fingerprint density at radius 2 is 1.87 bits per heavy atom. The molecule has 0 saturated heterocycles. The Bertz CT molecular complexity index is 581. The summed E-state index contributed by atoms with van der Waals surface area (Å²) in [5.41, 5.74) is 0.943. The molecular weight excluding hydrogens is 188 g/mol. The van der Waals surface area contributed by atoms with E-state index in [1.165, 1.54) is 5.39 Å². The number of hydrogen-bond acceptors (Lipinski definition) is 3. The maximum Gasteiger partial charge on any atom is 0.226 e. The van der Waals surface area contributed by atoms with Crippen molar-refractivity contribution in [2.24, 2.45) is 0 Å². The molecule has 0 unspecified atom stereocenters. The van der Waals surface area contributed by atoms with Crippen LogP contribution in [0.25, 0.3) is 16.5 Å². The van der Waals surface area contributed by atoms with E-state index >= 15 is 0 Å². The summed E-state index contributed by atoms with van der Waals surface area (Å²) in [5, 5.41) is 13.2. The second kappa shape index (κ2) is 3.16. The van der Waals surface area contributed by atoms with Gasteiger partial charge in [0.2, 0.25) is 6.33 Å². The van der Waals surface area contributed by atoms with Crippen molar-refractivity contribution in [1.82, 2.24) is 20.2 Å². The summed E-state index contributed by atoms with van der Waals surface area (Å²) in [6.45, 7) is 0. The molecule has 0 atom stereocenters. The fourth-order valence-electron chi connectivity index (χ4n) is 1.64.